The summed E-state index contributed by atoms with van der Waals surface area (Å²) >= 11 is 0. The minimum absolute atomic E-state index is 0.399. The van der Waals surface area contributed by atoms with Crippen molar-refractivity contribution in [3.8, 4) is 0 Å². The van der Waals surface area contributed by atoms with Crippen LogP contribution in [0.15, 0.2) is 0 Å². The maximum Gasteiger partial charge on any atom is 0.0106 e. The zero-order chi connectivity index (χ0) is 13.3. The van der Waals surface area contributed by atoms with E-state index in [1.807, 2.05) is 0 Å². The normalized spacial score (nSPS) is 15.5. The van der Waals surface area contributed by atoms with Gasteiger partial charge in [-0.05, 0) is 45.9 Å². The van der Waals surface area contributed by atoms with Gasteiger partial charge in [0.25, 0.3) is 0 Å². The Hall–Kier alpha value is -0.120. The van der Waals surface area contributed by atoms with E-state index in [1.165, 1.54) is 19.4 Å². The van der Waals surface area contributed by atoms with Crippen molar-refractivity contribution < 1.29 is 0 Å². The molecule has 0 aliphatic heterocycles. The Morgan fingerprint density at radius 2 is 1.71 bits per heavy atom. The molecule has 0 radical (unpaired) electrons. The zero-order valence-electron chi connectivity index (χ0n) is 12.8. The molecule has 3 heteroatoms. The number of rotatable bonds is 10. The Morgan fingerprint density at radius 1 is 1.06 bits per heavy atom. The van der Waals surface area contributed by atoms with Crippen molar-refractivity contribution >= 4 is 0 Å². The third-order valence-electron chi connectivity index (χ3n) is 3.41. The Labute approximate surface area is 109 Å². The summed E-state index contributed by atoms with van der Waals surface area (Å²) in [4.78, 5) is 4.70. The smallest absolute Gasteiger partial charge is 0.0106 e. The van der Waals surface area contributed by atoms with Gasteiger partial charge in [0.1, 0.15) is 0 Å². The van der Waals surface area contributed by atoms with E-state index < -0.39 is 0 Å². The summed E-state index contributed by atoms with van der Waals surface area (Å²) < 4.78 is 0. The van der Waals surface area contributed by atoms with Crippen LogP contribution in [0.2, 0.25) is 0 Å². The molecule has 1 N–H and O–H groups in total. The molecule has 0 aliphatic carbocycles. The summed E-state index contributed by atoms with van der Waals surface area (Å²) in [5.74, 6) is 0. The van der Waals surface area contributed by atoms with Crippen LogP contribution in [0.25, 0.3) is 0 Å². The average molecular weight is 243 g/mol. The maximum absolute atomic E-state index is 3.56. The highest BCUT2D eigenvalue weighted by molar-refractivity contribution is 4.78. The number of nitrogens with zero attached hydrogens (tertiary/aromatic N) is 2. The molecule has 104 valence electrons. The minimum atomic E-state index is 0.399. The first-order valence-electron chi connectivity index (χ1n) is 6.97. The maximum atomic E-state index is 3.56. The number of hydrogen-bond donors (Lipinski definition) is 1. The second-order valence-corrected chi connectivity index (χ2v) is 5.88. The van der Waals surface area contributed by atoms with Gasteiger partial charge in [0.15, 0.2) is 0 Å². The van der Waals surface area contributed by atoms with Crippen molar-refractivity contribution in [2.75, 3.05) is 53.9 Å². The molecule has 17 heavy (non-hydrogen) atoms. The fourth-order valence-corrected chi connectivity index (χ4v) is 1.96. The lowest BCUT2D eigenvalue weighted by Gasteiger charge is -2.33. The first-order valence-corrected chi connectivity index (χ1v) is 6.97. The van der Waals surface area contributed by atoms with Crippen molar-refractivity contribution in [1.82, 2.24) is 15.1 Å². The van der Waals surface area contributed by atoms with E-state index >= 15 is 0 Å². The van der Waals surface area contributed by atoms with Crippen LogP contribution in [0.3, 0.4) is 0 Å². The van der Waals surface area contributed by atoms with Crippen LogP contribution < -0.4 is 5.32 Å². The van der Waals surface area contributed by atoms with Crippen LogP contribution in [0.5, 0.6) is 0 Å². The highest BCUT2D eigenvalue weighted by Gasteiger charge is 2.23. The molecular formula is C14H33N3. The van der Waals surface area contributed by atoms with E-state index in [0.717, 1.165) is 26.2 Å². The van der Waals surface area contributed by atoms with Crippen molar-refractivity contribution in [3.63, 3.8) is 0 Å². The molecule has 0 aromatic carbocycles. The molecule has 0 amide bonds. The van der Waals surface area contributed by atoms with Crippen LogP contribution in [0, 0.1) is 5.41 Å². The topological polar surface area (TPSA) is 18.5 Å². The Balaban J connectivity index is 3.98. The highest BCUT2D eigenvalue weighted by atomic mass is 15.2. The first-order chi connectivity index (χ1) is 7.93. The third-order valence-corrected chi connectivity index (χ3v) is 3.41. The molecule has 1 unspecified atom stereocenters. The molecular weight excluding hydrogens is 210 g/mol. The van der Waals surface area contributed by atoms with Crippen LogP contribution in [-0.2, 0) is 0 Å². The van der Waals surface area contributed by atoms with Gasteiger partial charge in [-0.2, -0.15) is 0 Å². The van der Waals surface area contributed by atoms with Crippen molar-refractivity contribution in [2.24, 2.45) is 5.41 Å². The standard InChI is InChI=1S/C14H33N3/c1-7-9-15-12-14(3,8-2)13-17(6)11-10-16(4)5/h15H,7-13H2,1-6H3. The Kier molecular flexibility index (Phi) is 8.83. The molecule has 0 heterocycles. The van der Waals surface area contributed by atoms with E-state index in [2.05, 4.69) is 57.0 Å². The Morgan fingerprint density at radius 3 is 2.18 bits per heavy atom. The van der Waals surface area contributed by atoms with Crippen LogP contribution >= 0.6 is 0 Å². The lowest BCUT2D eigenvalue weighted by Crippen LogP contribution is -2.42. The number of likely N-dealkylation sites (N-methyl/N-ethyl adjacent to an activating group) is 2. The molecule has 0 saturated heterocycles. The van der Waals surface area contributed by atoms with Gasteiger partial charge in [-0.25, -0.2) is 0 Å². The van der Waals surface area contributed by atoms with E-state index in [1.54, 1.807) is 0 Å². The predicted molar refractivity (Wildman–Crippen MR) is 77.6 cm³/mol. The van der Waals surface area contributed by atoms with Crippen LogP contribution in [0.4, 0.5) is 0 Å². The van der Waals surface area contributed by atoms with Gasteiger partial charge in [0.2, 0.25) is 0 Å². The summed E-state index contributed by atoms with van der Waals surface area (Å²) in [6.45, 7) is 12.6. The second-order valence-electron chi connectivity index (χ2n) is 5.88. The van der Waals surface area contributed by atoms with E-state index in [0.29, 0.717) is 5.41 Å². The monoisotopic (exact) mass is 243 g/mol. The van der Waals surface area contributed by atoms with E-state index in [9.17, 15) is 0 Å². The van der Waals surface area contributed by atoms with Gasteiger partial charge in [-0.1, -0.05) is 20.8 Å². The molecule has 0 saturated carbocycles. The molecule has 0 aliphatic rings. The van der Waals surface area contributed by atoms with Crippen LogP contribution in [0.1, 0.15) is 33.6 Å². The zero-order valence-corrected chi connectivity index (χ0v) is 12.8. The summed E-state index contributed by atoms with van der Waals surface area (Å²) in [5, 5.41) is 3.56. The lowest BCUT2D eigenvalue weighted by atomic mass is 9.87. The summed E-state index contributed by atoms with van der Waals surface area (Å²) in [7, 11) is 6.50. The molecule has 0 bridgehead atoms. The Bertz CT molecular complexity index is 182. The molecule has 0 aromatic heterocycles. The van der Waals surface area contributed by atoms with Gasteiger partial charge < -0.3 is 15.1 Å². The van der Waals surface area contributed by atoms with E-state index in [4.69, 9.17) is 0 Å². The third kappa shape index (κ3) is 8.58. The van der Waals surface area contributed by atoms with Gasteiger partial charge in [0, 0.05) is 26.2 Å². The van der Waals surface area contributed by atoms with Gasteiger partial charge >= 0.3 is 0 Å². The van der Waals surface area contributed by atoms with Crippen molar-refractivity contribution in [1.29, 1.82) is 0 Å². The molecule has 0 rings (SSSR count). The quantitative estimate of drug-likeness (QED) is 0.591. The largest absolute Gasteiger partial charge is 0.316 e. The molecule has 0 fully saturated rings. The van der Waals surface area contributed by atoms with Crippen molar-refractivity contribution in [2.45, 2.75) is 33.6 Å². The van der Waals surface area contributed by atoms with Gasteiger partial charge in [-0.15, -0.1) is 0 Å². The lowest BCUT2D eigenvalue weighted by molar-refractivity contribution is 0.170. The number of hydrogen-bond acceptors (Lipinski definition) is 3. The van der Waals surface area contributed by atoms with Crippen LogP contribution in [-0.4, -0.2) is 63.7 Å². The van der Waals surface area contributed by atoms with Crippen molar-refractivity contribution in [3.05, 3.63) is 0 Å². The second kappa shape index (κ2) is 8.90. The summed E-state index contributed by atoms with van der Waals surface area (Å²) in [6.07, 6.45) is 2.45. The highest BCUT2D eigenvalue weighted by Crippen LogP contribution is 2.20. The minimum Gasteiger partial charge on any atom is -0.316 e. The predicted octanol–water partition coefficient (Wildman–Crippen LogP) is 1.90. The molecule has 1 atom stereocenters. The molecule has 0 aromatic rings. The molecule has 3 nitrogen and oxygen atoms in total. The summed E-state index contributed by atoms with van der Waals surface area (Å²) in [6, 6.07) is 0. The number of nitrogens with one attached hydrogen (secondary N) is 1. The molecule has 0 spiro atoms. The van der Waals surface area contributed by atoms with Gasteiger partial charge in [0.05, 0.1) is 0 Å². The summed E-state index contributed by atoms with van der Waals surface area (Å²) in [5.41, 5.74) is 0.399. The SMILES string of the molecule is CCCNCC(C)(CC)CN(C)CCN(C)C. The first kappa shape index (κ1) is 16.9. The van der Waals surface area contributed by atoms with E-state index in [-0.39, 0.29) is 0 Å². The van der Waals surface area contributed by atoms with Gasteiger partial charge in [-0.3, -0.25) is 0 Å². The average Bonchev–Trinajstić information content (AvgIpc) is 2.27. The fourth-order valence-electron chi connectivity index (χ4n) is 1.96. The fraction of sp³-hybridized carbons (Fsp3) is 1.00.